The largest absolute Gasteiger partial charge is 0.353 e. The summed E-state index contributed by atoms with van der Waals surface area (Å²) in [5, 5.41) is 2.61. The van der Waals surface area contributed by atoms with E-state index in [4.69, 9.17) is 0 Å². The molecule has 0 heterocycles. The van der Waals surface area contributed by atoms with E-state index in [1.54, 1.807) is 26.0 Å². The molecule has 0 radical (unpaired) electrons. The van der Waals surface area contributed by atoms with Crippen molar-refractivity contribution in [3.8, 4) is 0 Å². The highest BCUT2D eigenvalue weighted by Gasteiger charge is 2.19. The summed E-state index contributed by atoms with van der Waals surface area (Å²) in [7, 11) is -3.73. The number of sulfonamides is 1. The summed E-state index contributed by atoms with van der Waals surface area (Å²) in [6, 6.07) is 4.77. The monoisotopic (exact) mass is 412 g/mol. The summed E-state index contributed by atoms with van der Waals surface area (Å²) in [4.78, 5) is 11.5. The Morgan fingerprint density at radius 3 is 2.53 bits per heavy atom. The maximum absolute atomic E-state index is 12.1. The van der Waals surface area contributed by atoms with Crippen molar-refractivity contribution >= 4 is 47.8 Å². The van der Waals surface area contributed by atoms with Crippen molar-refractivity contribution in [2.75, 3.05) is 6.54 Å². The van der Waals surface area contributed by atoms with Crippen LogP contribution in [0.5, 0.6) is 0 Å². The molecule has 0 unspecified atom stereocenters. The Morgan fingerprint density at radius 2 is 1.95 bits per heavy atom. The average molecular weight is 414 g/mol. The van der Waals surface area contributed by atoms with Crippen molar-refractivity contribution in [3.05, 3.63) is 27.1 Å². The van der Waals surface area contributed by atoms with Gasteiger partial charge in [-0.05, 0) is 48.0 Å². The second-order valence-electron chi connectivity index (χ2n) is 4.12. The van der Waals surface area contributed by atoms with Gasteiger partial charge in [0.1, 0.15) is 0 Å². The van der Waals surface area contributed by atoms with Crippen LogP contribution in [0.3, 0.4) is 0 Å². The lowest BCUT2D eigenvalue weighted by Gasteiger charge is -2.11. The lowest BCUT2D eigenvalue weighted by Crippen LogP contribution is -2.39. The minimum atomic E-state index is -3.73. The smallest absolute Gasteiger partial charge is 0.242 e. The molecule has 0 aliphatic carbocycles. The molecule has 0 aliphatic heterocycles. The second-order valence-corrected chi connectivity index (χ2v) is 7.63. The van der Waals surface area contributed by atoms with E-state index in [9.17, 15) is 13.2 Å². The van der Waals surface area contributed by atoms with Crippen molar-refractivity contribution in [2.24, 2.45) is 0 Å². The lowest BCUT2D eigenvalue weighted by atomic mass is 10.4. The first-order valence-electron chi connectivity index (χ1n) is 5.46. The standard InChI is InChI=1S/C11H14Br2N2O3S/c1-7(2)15-11(16)6-14-19(17,18)10-5-8(12)3-4-9(10)13/h3-5,7,14H,6H2,1-2H3,(H,15,16). The van der Waals surface area contributed by atoms with Crippen molar-refractivity contribution in [1.82, 2.24) is 10.0 Å². The first-order chi connectivity index (χ1) is 8.72. The molecular formula is C11H14Br2N2O3S. The van der Waals surface area contributed by atoms with Gasteiger partial charge in [0.2, 0.25) is 15.9 Å². The number of carbonyl (C=O) groups is 1. The molecular weight excluding hydrogens is 400 g/mol. The van der Waals surface area contributed by atoms with Gasteiger partial charge in [-0.25, -0.2) is 13.1 Å². The van der Waals surface area contributed by atoms with Crippen LogP contribution in [0.2, 0.25) is 0 Å². The number of rotatable bonds is 5. The highest BCUT2D eigenvalue weighted by Crippen LogP contribution is 2.25. The molecule has 0 fully saturated rings. The zero-order chi connectivity index (χ0) is 14.6. The number of hydrogen-bond acceptors (Lipinski definition) is 3. The van der Waals surface area contributed by atoms with Crippen LogP contribution in [0.4, 0.5) is 0 Å². The molecule has 19 heavy (non-hydrogen) atoms. The first-order valence-corrected chi connectivity index (χ1v) is 8.53. The van der Waals surface area contributed by atoms with Crippen LogP contribution in [0.25, 0.3) is 0 Å². The summed E-state index contributed by atoms with van der Waals surface area (Å²) >= 11 is 6.38. The fourth-order valence-electron chi connectivity index (χ4n) is 1.29. The van der Waals surface area contributed by atoms with Gasteiger partial charge in [0, 0.05) is 15.0 Å². The Kier molecular flexibility index (Phi) is 5.97. The van der Waals surface area contributed by atoms with Crippen molar-refractivity contribution in [3.63, 3.8) is 0 Å². The predicted octanol–water partition coefficient (Wildman–Crippen LogP) is 2.01. The van der Waals surface area contributed by atoms with E-state index < -0.39 is 10.0 Å². The molecule has 5 nitrogen and oxygen atoms in total. The molecule has 0 atom stereocenters. The Hall–Kier alpha value is -0.440. The van der Waals surface area contributed by atoms with Gasteiger partial charge >= 0.3 is 0 Å². The van der Waals surface area contributed by atoms with Crippen molar-refractivity contribution in [1.29, 1.82) is 0 Å². The van der Waals surface area contributed by atoms with E-state index in [1.807, 2.05) is 0 Å². The Labute approximate surface area is 129 Å². The van der Waals surface area contributed by atoms with Gasteiger partial charge in [-0.15, -0.1) is 0 Å². The molecule has 1 rings (SSSR count). The number of amides is 1. The topological polar surface area (TPSA) is 75.3 Å². The van der Waals surface area contributed by atoms with Crippen LogP contribution < -0.4 is 10.0 Å². The number of halogens is 2. The molecule has 2 N–H and O–H groups in total. The third-order valence-corrected chi connectivity index (χ3v) is 4.94. The third-order valence-electron chi connectivity index (χ3n) is 2.06. The third kappa shape index (κ3) is 5.21. The van der Waals surface area contributed by atoms with E-state index in [2.05, 4.69) is 41.9 Å². The lowest BCUT2D eigenvalue weighted by molar-refractivity contribution is -0.120. The van der Waals surface area contributed by atoms with E-state index in [0.717, 1.165) is 0 Å². The van der Waals surface area contributed by atoms with Gasteiger partial charge in [0.15, 0.2) is 0 Å². The van der Waals surface area contributed by atoms with Crippen LogP contribution in [0.15, 0.2) is 32.0 Å². The van der Waals surface area contributed by atoms with Gasteiger partial charge in [0.05, 0.1) is 11.4 Å². The molecule has 0 saturated carbocycles. The van der Waals surface area contributed by atoms with E-state index in [1.165, 1.54) is 6.07 Å². The van der Waals surface area contributed by atoms with Crippen LogP contribution in [0, 0.1) is 0 Å². The van der Waals surface area contributed by atoms with Gasteiger partial charge in [-0.3, -0.25) is 4.79 Å². The van der Waals surface area contributed by atoms with Crippen LogP contribution in [-0.4, -0.2) is 26.9 Å². The molecule has 0 aliphatic rings. The molecule has 1 aromatic carbocycles. The summed E-state index contributed by atoms with van der Waals surface area (Å²) in [5.74, 6) is -0.371. The predicted molar refractivity (Wildman–Crippen MR) is 80.3 cm³/mol. The number of benzene rings is 1. The maximum atomic E-state index is 12.1. The molecule has 0 aromatic heterocycles. The van der Waals surface area contributed by atoms with Crippen molar-refractivity contribution < 1.29 is 13.2 Å². The fourth-order valence-corrected chi connectivity index (χ4v) is 3.78. The Morgan fingerprint density at radius 1 is 1.32 bits per heavy atom. The van der Waals surface area contributed by atoms with Gasteiger partial charge < -0.3 is 5.32 Å². The number of nitrogens with one attached hydrogen (secondary N) is 2. The minimum absolute atomic E-state index is 0.0328. The molecule has 106 valence electrons. The normalized spacial score (nSPS) is 11.6. The van der Waals surface area contributed by atoms with Gasteiger partial charge in [0.25, 0.3) is 0 Å². The van der Waals surface area contributed by atoms with Crippen LogP contribution in [0.1, 0.15) is 13.8 Å². The SMILES string of the molecule is CC(C)NC(=O)CNS(=O)(=O)c1cc(Br)ccc1Br. The number of carbonyl (C=O) groups excluding carboxylic acids is 1. The minimum Gasteiger partial charge on any atom is -0.353 e. The highest BCUT2D eigenvalue weighted by molar-refractivity contribution is 9.11. The summed E-state index contributed by atoms with van der Waals surface area (Å²) < 4.78 is 27.4. The molecule has 0 spiro atoms. The number of hydrogen-bond donors (Lipinski definition) is 2. The van der Waals surface area contributed by atoms with Crippen molar-refractivity contribution in [2.45, 2.75) is 24.8 Å². The van der Waals surface area contributed by atoms with E-state index in [-0.39, 0.29) is 23.4 Å². The van der Waals surface area contributed by atoms with E-state index >= 15 is 0 Å². The summed E-state index contributed by atoms with van der Waals surface area (Å²) in [5.41, 5.74) is 0. The second kappa shape index (κ2) is 6.83. The van der Waals surface area contributed by atoms with Gasteiger partial charge in [-0.2, -0.15) is 0 Å². The quantitative estimate of drug-likeness (QED) is 0.775. The Balaban J connectivity index is 2.82. The van der Waals surface area contributed by atoms with Crippen LogP contribution in [-0.2, 0) is 14.8 Å². The molecule has 1 amide bonds. The maximum Gasteiger partial charge on any atom is 0.242 e. The highest BCUT2D eigenvalue weighted by atomic mass is 79.9. The zero-order valence-corrected chi connectivity index (χ0v) is 14.4. The molecule has 1 aromatic rings. The molecule has 0 bridgehead atoms. The molecule has 8 heteroatoms. The summed E-state index contributed by atoms with van der Waals surface area (Å²) in [6.45, 7) is 3.31. The average Bonchev–Trinajstić information content (AvgIpc) is 2.29. The van der Waals surface area contributed by atoms with Crippen LogP contribution >= 0.6 is 31.9 Å². The Bertz CT molecular complexity index is 573. The fraction of sp³-hybridized carbons (Fsp3) is 0.364. The zero-order valence-electron chi connectivity index (χ0n) is 10.4. The van der Waals surface area contributed by atoms with E-state index in [0.29, 0.717) is 8.95 Å². The van der Waals surface area contributed by atoms with Gasteiger partial charge in [-0.1, -0.05) is 15.9 Å². The first kappa shape index (κ1) is 16.6. The molecule has 0 saturated heterocycles. The summed E-state index contributed by atoms with van der Waals surface area (Å²) in [6.07, 6.45) is 0.